The van der Waals surface area contributed by atoms with E-state index in [0.717, 1.165) is 24.2 Å². The van der Waals surface area contributed by atoms with Crippen molar-refractivity contribution >= 4 is 27.3 Å². The third-order valence-electron chi connectivity index (χ3n) is 3.69. The minimum atomic E-state index is -3.62. The number of hydrogen-bond donors (Lipinski definition) is 1. The maximum atomic E-state index is 12.2. The standard InChI is InChI=1S/C14H18N4O5S2/c1-22-7-4-15-25(20,21)11-8-10(9-24-11)12-16-17-13(23-12)14(19)18-5-2-3-6-18/h8-9,15H,2-7H2,1H3. The van der Waals surface area contributed by atoms with Crippen LogP contribution in [-0.2, 0) is 14.8 Å². The van der Waals surface area contributed by atoms with Gasteiger partial charge in [0.05, 0.1) is 12.2 Å². The molecule has 25 heavy (non-hydrogen) atoms. The van der Waals surface area contributed by atoms with E-state index in [-0.39, 0.29) is 35.0 Å². The second-order valence-electron chi connectivity index (χ2n) is 5.46. The van der Waals surface area contributed by atoms with Gasteiger partial charge in [-0.1, -0.05) is 0 Å². The lowest BCUT2D eigenvalue weighted by Crippen LogP contribution is -2.27. The maximum absolute atomic E-state index is 12.2. The van der Waals surface area contributed by atoms with Crippen LogP contribution < -0.4 is 4.72 Å². The number of ether oxygens (including phenoxy) is 1. The van der Waals surface area contributed by atoms with Gasteiger partial charge in [-0.3, -0.25) is 4.79 Å². The zero-order valence-corrected chi connectivity index (χ0v) is 15.2. The van der Waals surface area contributed by atoms with E-state index in [1.165, 1.54) is 13.2 Å². The zero-order valence-electron chi connectivity index (χ0n) is 13.6. The molecule has 2 aromatic heterocycles. The number of hydrogen-bond acceptors (Lipinski definition) is 8. The van der Waals surface area contributed by atoms with Crippen molar-refractivity contribution in [1.29, 1.82) is 0 Å². The van der Waals surface area contributed by atoms with Gasteiger partial charge in [0.2, 0.25) is 15.9 Å². The quantitative estimate of drug-likeness (QED) is 0.705. The highest BCUT2D eigenvalue weighted by Crippen LogP contribution is 2.28. The molecule has 0 aliphatic carbocycles. The largest absolute Gasteiger partial charge is 0.412 e. The molecule has 0 saturated carbocycles. The summed E-state index contributed by atoms with van der Waals surface area (Å²) in [7, 11) is -2.12. The highest BCUT2D eigenvalue weighted by atomic mass is 32.2. The third-order valence-corrected chi connectivity index (χ3v) is 6.59. The molecule has 1 amide bonds. The van der Waals surface area contributed by atoms with Crippen LogP contribution in [0, 0.1) is 0 Å². The van der Waals surface area contributed by atoms with Crippen LogP contribution in [0.5, 0.6) is 0 Å². The van der Waals surface area contributed by atoms with E-state index in [4.69, 9.17) is 9.15 Å². The Labute approximate surface area is 149 Å². The van der Waals surface area contributed by atoms with Crippen molar-refractivity contribution in [1.82, 2.24) is 19.8 Å². The number of thiophene rings is 1. The molecular formula is C14H18N4O5S2. The Bertz CT molecular complexity index is 839. The number of likely N-dealkylation sites (tertiary alicyclic amines) is 1. The summed E-state index contributed by atoms with van der Waals surface area (Å²) < 4.78 is 37.1. The van der Waals surface area contributed by atoms with Crippen LogP contribution in [0.25, 0.3) is 11.5 Å². The predicted molar refractivity (Wildman–Crippen MR) is 89.8 cm³/mol. The molecule has 136 valence electrons. The molecule has 0 radical (unpaired) electrons. The summed E-state index contributed by atoms with van der Waals surface area (Å²) in [6, 6.07) is 1.44. The van der Waals surface area contributed by atoms with E-state index in [1.54, 1.807) is 10.3 Å². The number of methoxy groups -OCH3 is 1. The Morgan fingerprint density at radius 1 is 1.40 bits per heavy atom. The van der Waals surface area contributed by atoms with Gasteiger partial charge in [-0.2, -0.15) is 0 Å². The van der Waals surface area contributed by atoms with Crippen LogP contribution in [0.4, 0.5) is 0 Å². The Morgan fingerprint density at radius 3 is 2.88 bits per heavy atom. The molecule has 0 atom stereocenters. The average molecular weight is 386 g/mol. The first-order valence-electron chi connectivity index (χ1n) is 7.71. The van der Waals surface area contributed by atoms with Crippen molar-refractivity contribution < 1.29 is 22.4 Å². The number of carbonyl (C=O) groups is 1. The molecule has 1 aliphatic heterocycles. The van der Waals surface area contributed by atoms with Gasteiger partial charge in [0.15, 0.2) is 0 Å². The molecular weight excluding hydrogens is 368 g/mol. The number of aromatic nitrogens is 2. The fourth-order valence-electron chi connectivity index (χ4n) is 2.40. The average Bonchev–Trinajstić information content (AvgIpc) is 3.34. The van der Waals surface area contributed by atoms with Gasteiger partial charge in [-0.15, -0.1) is 21.5 Å². The van der Waals surface area contributed by atoms with Gasteiger partial charge in [0.25, 0.3) is 0 Å². The predicted octanol–water partition coefficient (Wildman–Crippen LogP) is 0.959. The van der Waals surface area contributed by atoms with Gasteiger partial charge in [-0.25, -0.2) is 13.1 Å². The van der Waals surface area contributed by atoms with Crippen molar-refractivity contribution in [3.63, 3.8) is 0 Å². The second-order valence-corrected chi connectivity index (χ2v) is 8.36. The lowest BCUT2D eigenvalue weighted by molar-refractivity contribution is 0.0754. The molecule has 9 nitrogen and oxygen atoms in total. The Hall–Kier alpha value is -1.82. The zero-order chi connectivity index (χ0) is 17.9. The van der Waals surface area contributed by atoms with Crippen molar-refractivity contribution in [2.75, 3.05) is 33.4 Å². The Morgan fingerprint density at radius 2 is 2.16 bits per heavy atom. The molecule has 1 fully saturated rings. The molecule has 11 heteroatoms. The summed E-state index contributed by atoms with van der Waals surface area (Å²) in [4.78, 5) is 13.9. The molecule has 0 unspecified atom stereocenters. The minimum absolute atomic E-state index is 0.0780. The van der Waals surface area contributed by atoms with Gasteiger partial charge in [0, 0.05) is 32.1 Å². The fraction of sp³-hybridized carbons (Fsp3) is 0.500. The van der Waals surface area contributed by atoms with Crippen LogP contribution in [0.1, 0.15) is 23.5 Å². The van der Waals surface area contributed by atoms with Crippen LogP contribution in [0.2, 0.25) is 0 Å². The smallest absolute Gasteiger partial charge is 0.311 e. The molecule has 2 aromatic rings. The van der Waals surface area contributed by atoms with Crippen molar-refractivity contribution in [3.05, 3.63) is 17.3 Å². The summed E-state index contributed by atoms with van der Waals surface area (Å²) in [5, 5.41) is 9.24. The Kier molecular flexibility index (Phi) is 5.47. The molecule has 1 N–H and O–H groups in total. The van der Waals surface area contributed by atoms with Crippen molar-refractivity contribution in [3.8, 4) is 11.5 Å². The lowest BCUT2D eigenvalue weighted by Gasteiger charge is -2.11. The van der Waals surface area contributed by atoms with Crippen LogP contribution in [0.15, 0.2) is 20.1 Å². The molecule has 1 aliphatic rings. The van der Waals surface area contributed by atoms with E-state index in [0.29, 0.717) is 18.7 Å². The number of carbonyl (C=O) groups excluding carboxylic acids is 1. The van der Waals surface area contributed by atoms with Crippen LogP contribution >= 0.6 is 11.3 Å². The molecule has 3 heterocycles. The third kappa shape index (κ3) is 4.06. The number of nitrogens with one attached hydrogen (secondary N) is 1. The molecule has 0 spiro atoms. The monoisotopic (exact) mass is 386 g/mol. The SMILES string of the molecule is COCCNS(=O)(=O)c1cc(-c2nnc(C(=O)N3CCCC3)o2)cs1. The molecule has 0 bridgehead atoms. The van der Waals surface area contributed by atoms with E-state index in [9.17, 15) is 13.2 Å². The highest BCUT2D eigenvalue weighted by Gasteiger charge is 2.25. The topological polar surface area (TPSA) is 115 Å². The van der Waals surface area contributed by atoms with Gasteiger partial charge in [0.1, 0.15) is 4.21 Å². The molecule has 0 aromatic carbocycles. The van der Waals surface area contributed by atoms with E-state index < -0.39 is 10.0 Å². The second kappa shape index (κ2) is 7.60. The summed E-state index contributed by atoms with van der Waals surface area (Å²) in [6.45, 7) is 1.83. The summed E-state index contributed by atoms with van der Waals surface area (Å²) >= 11 is 1.04. The normalized spacial score (nSPS) is 15.0. The number of sulfonamides is 1. The maximum Gasteiger partial charge on any atom is 0.311 e. The summed E-state index contributed by atoms with van der Waals surface area (Å²) in [5.74, 6) is -0.247. The van der Waals surface area contributed by atoms with Gasteiger partial charge >= 0.3 is 11.8 Å². The minimum Gasteiger partial charge on any atom is -0.412 e. The van der Waals surface area contributed by atoms with Crippen molar-refractivity contribution in [2.24, 2.45) is 0 Å². The van der Waals surface area contributed by atoms with Crippen LogP contribution in [-0.4, -0.2) is 62.8 Å². The first-order chi connectivity index (χ1) is 12.0. The fourth-order valence-corrected chi connectivity index (χ4v) is 4.61. The van der Waals surface area contributed by atoms with Crippen LogP contribution in [0.3, 0.4) is 0 Å². The van der Waals surface area contributed by atoms with Gasteiger partial charge in [-0.05, 0) is 18.9 Å². The number of rotatable bonds is 7. The van der Waals surface area contributed by atoms with E-state index >= 15 is 0 Å². The molecule has 1 saturated heterocycles. The summed E-state index contributed by atoms with van der Waals surface area (Å²) in [5.41, 5.74) is 0.463. The Balaban J connectivity index is 1.73. The lowest BCUT2D eigenvalue weighted by atomic mass is 10.3. The first kappa shape index (κ1) is 18.0. The first-order valence-corrected chi connectivity index (χ1v) is 10.1. The van der Waals surface area contributed by atoms with E-state index in [1.807, 2.05) is 0 Å². The van der Waals surface area contributed by atoms with E-state index in [2.05, 4.69) is 14.9 Å². The number of amides is 1. The van der Waals surface area contributed by atoms with Crippen molar-refractivity contribution in [2.45, 2.75) is 17.1 Å². The summed E-state index contributed by atoms with van der Waals surface area (Å²) in [6.07, 6.45) is 1.93. The van der Waals surface area contributed by atoms with Gasteiger partial charge < -0.3 is 14.1 Å². The number of nitrogens with zero attached hydrogens (tertiary/aromatic N) is 3. The highest BCUT2D eigenvalue weighted by molar-refractivity contribution is 7.91. The molecule has 3 rings (SSSR count).